The molecule has 1 aromatic heterocycles. The molecule has 1 N–H and O–H groups in total. The lowest BCUT2D eigenvalue weighted by atomic mass is 9.77. The fraction of sp³-hybridized carbons (Fsp3) is 0.583. The SMILES string of the molecule is Cc1nocc1NC(=O)[C@@H]1O[C@@](C)(C(F)(F)F)[C@@H](C)[C@H]1c1ccc(F)c(F)c1OCCN1CCOCC1. The van der Waals surface area contributed by atoms with Crippen LogP contribution < -0.4 is 10.1 Å². The highest BCUT2D eigenvalue weighted by molar-refractivity contribution is 5.95. The lowest BCUT2D eigenvalue weighted by Crippen LogP contribution is -2.47. The number of hydrogen-bond acceptors (Lipinski definition) is 7. The molecule has 0 radical (unpaired) electrons. The van der Waals surface area contributed by atoms with Gasteiger partial charge in [-0.3, -0.25) is 9.69 Å². The van der Waals surface area contributed by atoms with Crippen LogP contribution in [0, 0.1) is 24.5 Å². The van der Waals surface area contributed by atoms with E-state index in [2.05, 4.69) is 10.5 Å². The van der Waals surface area contributed by atoms with Gasteiger partial charge in [0.2, 0.25) is 5.82 Å². The van der Waals surface area contributed by atoms with Crippen molar-refractivity contribution in [3.63, 3.8) is 0 Å². The molecule has 4 rings (SSSR count). The third kappa shape index (κ3) is 5.30. The molecule has 1 aromatic carbocycles. The van der Waals surface area contributed by atoms with Crippen LogP contribution in [-0.4, -0.2) is 73.3 Å². The minimum absolute atomic E-state index is 0.0530. The normalized spacial score (nSPS) is 26.9. The van der Waals surface area contributed by atoms with Crippen LogP contribution in [-0.2, 0) is 14.3 Å². The number of carbonyl (C=O) groups is 1. The molecule has 204 valence electrons. The maximum Gasteiger partial charge on any atom is 0.417 e. The topological polar surface area (TPSA) is 86.1 Å². The van der Waals surface area contributed by atoms with Crippen LogP contribution in [0.3, 0.4) is 0 Å². The van der Waals surface area contributed by atoms with E-state index in [-0.39, 0.29) is 17.9 Å². The second kappa shape index (κ2) is 10.5. The summed E-state index contributed by atoms with van der Waals surface area (Å²) in [5.74, 6) is -6.71. The number of morpholine rings is 1. The second-order valence-corrected chi connectivity index (χ2v) is 9.34. The molecular weight excluding hydrogens is 505 g/mol. The molecule has 13 heteroatoms. The Balaban J connectivity index is 1.68. The Bertz CT molecular complexity index is 1120. The third-order valence-corrected chi connectivity index (χ3v) is 7.13. The number of hydrogen-bond donors (Lipinski definition) is 1. The summed E-state index contributed by atoms with van der Waals surface area (Å²) in [7, 11) is 0. The largest absolute Gasteiger partial charge is 0.489 e. The Hall–Kier alpha value is -2.77. The molecule has 0 unspecified atom stereocenters. The molecule has 0 aliphatic carbocycles. The van der Waals surface area contributed by atoms with E-state index < -0.39 is 53.0 Å². The van der Waals surface area contributed by atoms with Crippen molar-refractivity contribution in [1.82, 2.24) is 10.1 Å². The zero-order chi connectivity index (χ0) is 27.0. The third-order valence-electron chi connectivity index (χ3n) is 7.13. The van der Waals surface area contributed by atoms with Crippen molar-refractivity contribution in [2.75, 3.05) is 44.8 Å². The standard InChI is InChI=1S/C24H28F5N3O5/c1-13-18(15-4-5-16(25)19(26)20(15)35-11-8-32-6-9-34-10-7-32)21(37-23(13,3)24(27,28)29)22(33)30-17-12-36-31-14(17)2/h4-5,12-13,18,21H,6-11H2,1-3H3,(H,30,33)/t13-,18-,21+,23+/m0/s1. The van der Waals surface area contributed by atoms with Gasteiger partial charge < -0.3 is 24.1 Å². The van der Waals surface area contributed by atoms with Crippen molar-refractivity contribution in [3.05, 3.63) is 41.3 Å². The van der Waals surface area contributed by atoms with Crippen LogP contribution >= 0.6 is 0 Å². The number of aromatic nitrogens is 1. The van der Waals surface area contributed by atoms with E-state index in [1.54, 1.807) is 0 Å². The monoisotopic (exact) mass is 533 g/mol. The van der Waals surface area contributed by atoms with Gasteiger partial charge in [0.25, 0.3) is 5.91 Å². The molecular formula is C24H28F5N3O5. The van der Waals surface area contributed by atoms with Crippen LogP contribution in [0.1, 0.15) is 31.0 Å². The van der Waals surface area contributed by atoms with Crippen molar-refractivity contribution in [2.24, 2.45) is 5.92 Å². The number of nitrogens with zero attached hydrogens (tertiary/aromatic N) is 2. The first-order chi connectivity index (χ1) is 17.4. The number of anilines is 1. The molecule has 0 saturated carbocycles. The summed E-state index contributed by atoms with van der Waals surface area (Å²) in [6.45, 7) is 6.24. The smallest absolute Gasteiger partial charge is 0.417 e. The van der Waals surface area contributed by atoms with Crippen LogP contribution in [0.4, 0.5) is 27.6 Å². The van der Waals surface area contributed by atoms with Crippen molar-refractivity contribution in [2.45, 2.75) is 44.6 Å². The molecule has 2 saturated heterocycles. The molecule has 0 bridgehead atoms. The number of carbonyl (C=O) groups excluding carboxylic acids is 1. The molecule has 2 aromatic rings. The van der Waals surface area contributed by atoms with E-state index in [0.29, 0.717) is 38.5 Å². The van der Waals surface area contributed by atoms with Crippen LogP contribution in [0.15, 0.2) is 22.9 Å². The number of aryl methyl sites for hydroxylation is 1. The summed E-state index contributed by atoms with van der Waals surface area (Å²) in [5, 5.41) is 6.09. The zero-order valence-electron chi connectivity index (χ0n) is 20.5. The van der Waals surface area contributed by atoms with Gasteiger partial charge in [-0.1, -0.05) is 18.1 Å². The lowest BCUT2D eigenvalue weighted by Gasteiger charge is -2.32. The number of rotatable bonds is 7. The van der Waals surface area contributed by atoms with Gasteiger partial charge >= 0.3 is 6.18 Å². The molecule has 1 amide bonds. The number of benzene rings is 1. The molecule has 2 fully saturated rings. The Morgan fingerprint density at radius 1 is 1.27 bits per heavy atom. The van der Waals surface area contributed by atoms with Crippen molar-refractivity contribution in [1.29, 1.82) is 0 Å². The van der Waals surface area contributed by atoms with Crippen molar-refractivity contribution >= 4 is 11.6 Å². The van der Waals surface area contributed by atoms with Gasteiger partial charge in [0.15, 0.2) is 17.2 Å². The average molecular weight is 533 g/mol. The minimum atomic E-state index is -4.86. The van der Waals surface area contributed by atoms with Gasteiger partial charge in [-0.2, -0.15) is 17.6 Å². The maximum atomic E-state index is 15.0. The van der Waals surface area contributed by atoms with E-state index in [0.717, 1.165) is 25.3 Å². The summed E-state index contributed by atoms with van der Waals surface area (Å²) < 4.78 is 92.8. The Kier molecular flexibility index (Phi) is 7.77. The highest BCUT2D eigenvalue weighted by Gasteiger charge is 2.66. The van der Waals surface area contributed by atoms with Gasteiger partial charge in [-0.15, -0.1) is 0 Å². The quantitative estimate of drug-likeness (QED) is 0.538. The summed E-state index contributed by atoms with van der Waals surface area (Å²) in [5.41, 5.74) is -2.40. The van der Waals surface area contributed by atoms with Crippen LogP contribution in [0.5, 0.6) is 5.75 Å². The van der Waals surface area contributed by atoms with Crippen molar-refractivity contribution in [3.8, 4) is 5.75 Å². The first-order valence-corrected chi connectivity index (χ1v) is 11.8. The zero-order valence-corrected chi connectivity index (χ0v) is 20.5. The summed E-state index contributed by atoms with van der Waals surface area (Å²) in [6.07, 6.45) is -5.44. The Morgan fingerprint density at radius 2 is 1.97 bits per heavy atom. The Labute approximate surface area is 210 Å². The fourth-order valence-electron chi connectivity index (χ4n) is 4.70. The number of halogens is 5. The summed E-state index contributed by atoms with van der Waals surface area (Å²) >= 11 is 0. The molecule has 37 heavy (non-hydrogen) atoms. The van der Waals surface area contributed by atoms with Crippen LogP contribution in [0.25, 0.3) is 0 Å². The molecule has 4 atom stereocenters. The predicted molar refractivity (Wildman–Crippen MR) is 120 cm³/mol. The van der Waals surface area contributed by atoms with Gasteiger partial charge in [0.1, 0.15) is 30.4 Å². The molecule has 8 nitrogen and oxygen atoms in total. The molecule has 0 spiro atoms. The summed E-state index contributed by atoms with van der Waals surface area (Å²) in [6, 6.07) is 1.94. The second-order valence-electron chi connectivity index (χ2n) is 9.34. The first-order valence-electron chi connectivity index (χ1n) is 11.8. The molecule has 2 aliphatic heterocycles. The number of amides is 1. The predicted octanol–water partition coefficient (Wildman–Crippen LogP) is 4.05. The Morgan fingerprint density at radius 3 is 2.59 bits per heavy atom. The molecule has 2 aliphatic rings. The maximum absolute atomic E-state index is 15.0. The van der Waals surface area contributed by atoms with Crippen molar-refractivity contribution < 1.29 is 45.5 Å². The van der Waals surface area contributed by atoms with Crippen LogP contribution in [0.2, 0.25) is 0 Å². The fourth-order valence-corrected chi connectivity index (χ4v) is 4.70. The van der Waals surface area contributed by atoms with E-state index >= 15 is 4.39 Å². The average Bonchev–Trinajstić information content (AvgIpc) is 3.38. The highest BCUT2D eigenvalue weighted by atomic mass is 19.4. The minimum Gasteiger partial charge on any atom is -0.489 e. The first kappa shape index (κ1) is 27.3. The van der Waals surface area contributed by atoms with E-state index in [4.69, 9.17) is 18.7 Å². The number of ether oxygens (including phenoxy) is 3. The number of nitrogens with one attached hydrogen (secondary N) is 1. The van der Waals surface area contributed by atoms with Gasteiger partial charge in [-0.05, 0) is 19.9 Å². The lowest BCUT2D eigenvalue weighted by molar-refractivity contribution is -0.272. The summed E-state index contributed by atoms with van der Waals surface area (Å²) in [4.78, 5) is 15.2. The molecule has 3 heterocycles. The van der Waals surface area contributed by atoms with Gasteiger partial charge in [0, 0.05) is 37.0 Å². The van der Waals surface area contributed by atoms with Gasteiger partial charge in [-0.25, -0.2) is 4.39 Å². The van der Waals surface area contributed by atoms with E-state index in [9.17, 15) is 22.4 Å². The van der Waals surface area contributed by atoms with E-state index in [1.165, 1.54) is 13.8 Å². The number of alkyl halides is 3. The van der Waals surface area contributed by atoms with E-state index in [1.807, 2.05) is 4.90 Å². The highest BCUT2D eigenvalue weighted by Crippen LogP contribution is 2.55. The van der Waals surface area contributed by atoms with Gasteiger partial charge in [0.05, 0.1) is 13.2 Å².